The number of carboxylic acids is 1. The highest BCUT2D eigenvalue weighted by atomic mass is 16.4. The molecule has 6 heteroatoms. The van der Waals surface area contributed by atoms with Gasteiger partial charge in [-0.05, 0) is 32.0 Å². The van der Waals surface area contributed by atoms with Crippen LogP contribution in [0, 0.1) is 0 Å². The molecule has 1 saturated heterocycles. The van der Waals surface area contributed by atoms with Gasteiger partial charge in [0.05, 0.1) is 0 Å². The number of aliphatic carboxylic acids is 1. The van der Waals surface area contributed by atoms with Crippen molar-refractivity contribution in [2.45, 2.75) is 25.8 Å². The molecule has 0 bridgehead atoms. The number of fused-ring (bicyclic) bond motifs is 2. The minimum Gasteiger partial charge on any atom is -0.478 e. The van der Waals surface area contributed by atoms with E-state index in [0.717, 1.165) is 50.4 Å². The molecule has 2 aromatic rings. The normalized spacial score (nSPS) is 18.1. The molecular weight excluding hydrogens is 328 g/mol. The zero-order valence-corrected chi connectivity index (χ0v) is 15.3. The standard InChI is InChI=1S/C20H24N4O2/c1-22-9-5-14(6-10-22)19-16-13-15(3-4-18(25)26)23(2)17(16)7-11-24-12-8-21-20(19)24/h3-4,8,12-13H,5-7,9-11H2,1-2H3,(H,25,26)/b4-3+. The Hall–Kier alpha value is -2.60. The molecule has 0 aromatic carbocycles. The highest BCUT2D eigenvalue weighted by molar-refractivity contribution is 5.87. The molecule has 0 unspecified atom stereocenters. The summed E-state index contributed by atoms with van der Waals surface area (Å²) in [5.41, 5.74) is 6.09. The number of carboxylic acid groups (broad SMARTS) is 1. The Kier molecular flexibility index (Phi) is 4.28. The van der Waals surface area contributed by atoms with Crippen LogP contribution in [0.4, 0.5) is 0 Å². The Morgan fingerprint density at radius 2 is 1.96 bits per heavy atom. The molecule has 0 amide bonds. The number of hydrogen-bond acceptors (Lipinski definition) is 3. The Bertz CT molecular complexity index is 906. The Labute approximate surface area is 153 Å². The van der Waals surface area contributed by atoms with Gasteiger partial charge in [0.15, 0.2) is 0 Å². The van der Waals surface area contributed by atoms with Crippen LogP contribution in [0.1, 0.15) is 35.6 Å². The molecular formula is C20H24N4O2. The molecule has 4 heterocycles. The maximum Gasteiger partial charge on any atom is 0.328 e. The molecule has 2 aliphatic rings. The van der Waals surface area contributed by atoms with Gasteiger partial charge in [0.2, 0.25) is 0 Å². The first-order valence-corrected chi connectivity index (χ1v) is 9.06. The number of nitrogens with zero attached hydrogens (tertiary/aromatic N) is 4. The first-order chi connectivity index (χ1) is 12.5. The van der Waals surface area contributed by atoms with Crippen molar-refractivity contribution in [1.82, 2.24) is 19.0 Å². The second kappa shape index (κ2) is 6.61. The molecule has 6 nitrogen and oxygen atoms in total. The van der Waals surface area contributed by atoms with Gasteiger partial charge in [0.1, 0.15) is 5.82 Å². The van der Waals surface area contributed by atoms with E-state index in [2.05, 4.69) is 38.3 Å². The molecule has 2 aromatic heterocycles. The van der Waals surface area contributed by atoms with Crippen LogP contribution in [0.15, 0.2) is 30.1 Å². The molecule has 1 fully saturated rings. The van der Waals surface area contributed by atoms with Crippen LogP contribution < -0.4 is 0 Å². The molecule has 0 radical (unpaired) electrons. The second-order valence-electron chi connectivity index (χ2n) is 7.14. The summed E-state index contributed by atoms with van der Waals surface area (Å²) >= 11 is 0. The zero-order chi connectivity index (χ0) is 18.3. The zero-order valence-electron chi connectivity index (χ0n) is 15.3. The van der Waals surface area contributed by atoms with E-state index >= 15 is 0 Å². The lowest BCUT2D eigenvalue weighted by Crippen LogP contribution is -2.27. The minimum atomic E-state index is -0.925. The summed E-state index contributed by atoms with van der Waals surface area (Å²) in [6, 6.07) is 2.12. The number of aryl methyl sites for hydroxylation is 1. The monoisotopic (exact) mass is 352 g/mol. The molecule has 26 heavy (non-hydrogen) atoms. The number of imidazole rings is 1. The molecule has 0 spiro atoms. The number of likely N-dealkylation sites (tertiary alicyclic amines) is 1. The second-order valence-corrected chi connectivity index (χ2v) is 7.14. The van der Waals surface area contributed by atoms with Gasteiger partial charge in [-0.25, -0.2) is 9.78 Å². The average molecular weight is 352 g/mol. The smallest absolute Gasteiger partial charge is 0.328 e. The Morgan fingerprint density at radius 1 is 1.19 bits per heavy atom. The first-order valence-electron chi connectivity index (χ1n) is 9.06. The van der Waals surface area contributed by atoms with Crippen LogP contribution in [-0.2, 0) is 24.8 Å². The number of carbonyl (C=O) groups is 1. The SMILES string of the molecule is CN1CCC(=C2c3cc(/C=C/C(=O)O)n(C)c3CCn3ccnc32)CC1. The van der Waals surface area contributed by atoms with Crippen LogP contribution in [0.3, 0.4) is 0 Å². The molecule has 0 atom stereocenters. The summed E-state index contributed by atoms with van der Waals surface area (Å²) in [4.78, 5) is 18.0. The number of aromatic nitrogens is 3. The van der Waals surface area contributed by atoms with Crippen molar-refractivity contribution >= 4 is 17.6 Å². The van der Waals surface area contributed by atoms with Gasteiger partial charge in [0, 0.05) is 74.1 Å². The fourth-order valence-corrected chi connectivity index (χ4v) is 4.05. The maximum atomic E-state index is 10.9. The van der Waals surface area contributed by atoms with Crippen molar-refractivity contribution in [2.24, 2.45) is 7.05 Å². The van der Waals surface area contributed by atoms with Gasteiger partial charge in [-0.1, -0.05) is 5.57 Å². The number of piperidine rings is 1. The highest BCUT2D eigenvalue weighted by Crippen LogP contribution is 2.37. The fourth-order valence-electron chi connectivity index (χ4n) is 4.05. The predicted molar refractivity (Wildman–Crippen MR) is 101 cm³/mol. The van der Waals surface area contributed by atoms with Gasteiger partial charge in [0.25, 0.3) is 0 Å². The van der Waals surface area contributed by atoms with Crippen LogP contribution in [0.5, 0.6) is 0 Å². The van der Waals surface area contributed by atoms with Gasteiger partial charge in [-0.2, -0.15) is 0 Å². The Balaban J connectivity index is 1.88. The molecule has 4 rings (SSSR count). The van der Waals surface area contributed by atoms with E-state index in [1.165, 1.54) is 28.5 Å². The van der Waals surface area contributed by atoms with Gasteiger partial charge in [-0.3, -0.25) is 0 Å². The first kappa shape index (κ1) is 16.8. The summed E-state index contributed by atoms with van der Waals surface area (Å²) in [6.07, 6.45) is 9.83. The lowest BCUT2D eigenvalue weighted by atomic mass is 9.92. The average Bonchev–Trinajstić information content (AvgIpc) is 3.15. The number of hydrogen-bond donors (Lipinski definition) is 1. The molecule has 136 valence electrons. The largest absolute Gasteiger partial charge is 0.478 e. The van der Waals surface area contributed by atoms with Crippen LogP contribution in [0.25, 0.3) is 11.6 Å². The third-order valence-electron chi connectivity index (χ3n) is 5.53. The summed E-state index contributed by atoms with van der Waals surface area (Å²) in [5, 5.41) is 8.97. The molecule has 0 saturated carbocycles. The molecule has 2 aliphatic heterocycles. The molecule has 1 N–H and O–H groups in total. The highest BCUT2D eigenvalue weighted by Gasteiger charge is 2.26. The van der Waals surface area contributed by atoms with Gasteiger partial charge >= 0.3 is 5.97 Å². The van der Waals surface area contributed by atoms with E-state index in [1.807, 2.05) is 13.2 Å². The number of rotatable bonds is 2. The summed E-state index contributed by atoms with van der Waals surface area (Å²) in [5.74, 6) is 0.119. The Morgan fingerprint density at radius 3 is 2.69 bits per heavy atom. The third-order valence-corrected chi connectivity index (χ3v) is 5.53. The van der Waals surface area contributed by atoms with Crippen molar-refractivity contribution in [1.29, 1.82) is 0 Å². The van der Waals surface area contributed by atoms with Crippen molar-refractivity contribution < 1.29 is 9.90 Å². The van der Waals surface area contributed by atoms with E-state index in [-0.39, 0.29) is 0 Å². The predicted octanol–water partition coefficient (Wildman–Crippen LogP) is 2.40. The lowest BCUT2D eigenvalue weighted by Gasteiger charge is -2.26. The van der Waals surface area contributed by atoms with Gasteiger partial charge < -0.3 is 19.1 Å². The third kappa shape index (κ3) is 2.90. The van der Waals surface area contributed by atoms with Crippen molar-refractivity contribution in [2.75, 3.05) is 20.1 Å². The van der Waals surface area contributed by atoms with E-state index in [9.17, 15) is 4.79 Å². The topological polar surface area (TPSA) is 63.3 Å². The summed E-state index contributed by atoms with van der Waals surface area (Å²) < 4.78 is 4.37. The van der Waals surface area contributed by atoms with E-state index in [0.29, 0.717) is 0 Å². The summed E-state index contributed by atoms with van der Waals surface area (Å²) in [7, 11) is 4.18. The lowest BCUT2D eigenvalue weighted by molar-refractivity contribution is -0.131. The van der Waals surface area contributed by atoms with Crippen molar-refractivity contribution in [3.05, 3.63) is 52.9 Å². The van der Waals surface area contributed by atoms with E-state index < -0.39 is 5.97 Å². The quantitative estimate of drug-likeness (QED) is 0.843. The van der Waals surface area contributed by atoms with E-state index in [4.69, 9.17) is 5.11 Å². The van der Waals surface area contributed by atoms with Crippen LogP contribution in [-0.4, -0.2) is 50.2 Å². The molecule has 0 aliphatic carbocycles. The van der Waals surface area contributed by atoms with Crippen molar-refractivity contribution in [3.63, 3.8) is 0 Å². The summed E-state index contributed by atoms with van der Waals surface area (Å²) in [6.45, 7) is 3.01. The minimum absolute atomic E-state index is 0.888. The van der Waals surface area contributed by atoms with Crippen LogP contribution in [0.2, 0.25) is 0 Å². The fraction of sp³-hybridized carbons (Fsp3) is 0.400. The van der Waals surface area contributed by atoms with Crippen LogP contribution >= 0.6 is 0 Å². The van der Waals surface area contributed by atoms with E-state index in [1.54, 1.807) is 6.08 Å². The van der Waals surface area contributed by atoms with Crippen molar-refractivity contribution in [3.8, 4) is 0 Å². The maximum absolute atomic E-state index is 10.9. The van der Waals surface area contributed by atoms with Gasteiger partial charge in [-0.15, -0.1) is 0 Å².